The van der Waals surface area contributed by atoms with Gasteiger partial charge in [0.25, 0.3) is 11.5 Å². The Morgan fingerprint density at radius 1 is 1.00 bits per heavy atom. The molecule has 4 heterocycles. The van der Waals surface area contributed by atoms with Crippen molar-refractivity contribution in [1.29, 1.82) is 0 Å². The highest BCUT2D eigenvalue weighted by Crippen LogP contribution is 2.68. The number of benzene rings is 3. The van der Waals surface area contributed by atoms with Crippen molar-refractivity contribution in [3.8, 4) is 16.9 Å². The van der Waals surface area contributed by atoms with Gasteiger partial charge in [-0.2, -0.15) is 32.1 Å². The van der Waals surface area contributed by atoms with Gasteiger partial charge in [0.1, 0.15) is 35.5 Å². The van der Waals surface area contributed by atoms with E-state index in [2.05, 4.69) is 30.2 Å². The number of carbonyl (C=O) groups is 1. The maximum atomic E-state index is 15.5. The van der Waals surface area contributed by atoms with Gasteiger partial charge in [0.05, 0.1) is 45.0 Å². The van der Waals surface area contributed by atoms with Gasteiger partial charge in [-0.25, -0.2) is 31.6 Å². The fraction of sp³-hybridized carbons (Fsp3) is 0.250. The van der Waals surface area contributed by atoms with Crippen LogP contribution in [0, 0.1) is 23.4 Å². The van der Waals surface area contributed by atoms with E-state index >= 15 is 13.2 Å². The summed E-state index contributed by atoms with van der Waals surface area (Å²) < 4.78 is 147. The van der Waals surface area contributed by atoms with E-state index in [-0.39, 0.29) is 66.4 Å². The first-order valence-corrected chi connectivity index (χ1v) is 21.0. The number of hydrogen-bond acceptors (Lipinski definition) is 8. The van der Waals surface area contributed by atoms with Gasteiger partial charge >= 0.3 is 6.18 Å². The normalized spacial score (nSPS) is 17.2. The summed E-state index contributed by atoms with van der Waals surface area (Å²) in [6.07, 6.45) is -5.09. The fourth-order valence-electron chi connectivity index (χ4n) is 8.30. The number of rotatable bonds is 10. The molecule has 0 bridgehead atoms. The van der Waals surface area contributed by atoms with Gasteiger partial charge in [-0.05, 0) is 66.4 Å². The number of fused-ring (bicyclic) bond motifs is 5. The molecule has 3 atom stereocenters. The number of amides is 1. The lowest BCUT2D eigenvalue weighted by Crippen LogP contribution is -2.38. The number of nitrogens with one attached hydrogen (secondary N) is 2. The fourth-order valence-corrected chi connectivity index (χ4v) is 9.03. The summed E-state index contributed by atoms with van der Waals surface area (Å²) in [6.45, 7) is -1.21. The second-order valence-corrected chi connectivity index (χ2v) is 17.4. The highest BCUT2D eigenvalue weighted by Gasteiger charge is 2.68. The van der Waals surface area contributed by atoms with Gasteiger partial charge < -0.3 is 5.32 Å². The van der Waals surface area contributed by atoms with Crippen LogP contribution in [-0.4, -0.2) is 54.7 Å². The lowest BCUT2D eigenvalue weighted by atomic mass is 10.0. The van der Waals surface area contributed by atoms with Gasteiger partial charge in [-0.3, -0.25) is 28.2 Å². The molecular weight excluding hydrogens is 890 g/mol. The molecule has 0 saturated heterocycles. The standard InChI is InChI=1S/C40H28ClF8N9O4S/c1-56-32-28(10-8-24(41)31(32)36(54-56)55-63(2,61)62)58-37(52-35-21(38(58)60)7-9-26(51-35)20-5-3-4-6-25(20)44)27(13-17-11-18(42)14-19(43)12-17)50-29(59)16-57-34-30(33(53-57)40(47,48)49)22-15-23(22)39(34,45)46/h3-12,14,22-23,27H,13,15-16H2,1-2H3,(H,50,59)(H,54,55)/t22-,23+,27-/m0/s1. The van der Waals surface area contributed by atoms with E-state index in [1.54, 1.807) is 0 Å². The summed E-state index contributed by atoms with van der Waals surface area (Å²) in [5.74, 6) is -11.0. The van der Waals surface area contributed by atoms with Crippen molar-refractivity contribution in [3.05, 3.63) is 128 Å². The molecule has 1 amide bonds. The maximum Gasteiger partial charge on any atom is 0.435 e. The van der Waals surface area contributed by atoms with Gasteiger partial charge in [0.15, 0.2) is 17.2 Å². The number of alkyl halides is 5. The Morgan fingerprint density at radius 2 is 1.71 bits per heavy atom. The maximum absolute atomic E-state index is 15.5. The van der Waals surface area contributed by atoms with Crippen molar-refractivity contribution in [2.24, 2.45) is 13.0 Å². The molecule has 63 heavy (non-hydrogen) atoms. The molecule has 326 valence electrons. The predicted molar refractivity (Wildman–Crippen MR) is 211 cm³/mol. The molecule has 0 unspecified atom stereocenters. The van der Waals surface area contributed by atoms with Crippen LogP contribution in [-0.2, 0) is 46.9 Å². The van der Waals surface area contributed by atoms with Crippen molar-refractivity contribution in [1.82, 2.24) is 39.4 Å². The van der Waals surface area contributed by atoms with Crippen LogP contribution in [0.5, 0.6) is 0 Å². The number of carbonyl (C=O) groups excluding carboxylic acids is 1. The highest BCUT2D eigenvalue weighted by atomic mass is 35.5. The third kappa shape index (κ3) is 7.33. The third-order valence-corrected chi connectivity index (χ3v) is 11.7. The molecule has 13 nitrogen and oxygen atoms in total. The molecule has 0 aliphatic heterocycles. The van der Waals surface area contributed by atoms with Crippen LogP contribution in [0.2, 0.25) is 5.02 Å². The summed E-state index contributed by atoms with van der Waals surface area (Å²) in [5.41, 5.74) is -4.77. The first-order chi connectivity index (χ1) is 29.6. The van der Waals surface area contributed by atoms with E-state index in [4.69, 9.17) is 11.6 Å². The highest BCUT2D eigenvalue weighted by molar-refractivity contribution is 7.92. The van der Waals surface area contributed by atoms with Crippen LogP contribution in [0.1, 0.15) is 46.7 Å². The summed E-state index contributed by atoms with van der Waals surface area (Å²) in [4.78, 5) is 38.1. The minimum atomic E-state index is -5.14. The number of hydrogen-bond donors (Lipinski definition) is 2. The average molecular weight is 918 g/mol. The number of pyridine rings is 1. The smallest absolute Gasteiger partial charge is 0.344 e. The Hall–Kier alpha value is -6.42. The molecule has 1 fully saturated rings. The Morgan fingerprint density at radius 3 is 2.40 bits per heavy atom. The van der Waals surface area contributed by atoms with Crippen LogP contribution >= 0.6 is 11.6 Å². The molecule has 0 radical (unpaired) electrons. The molecule has 7 aromatic rings. The largest absolute Gasteiger partial charge is 0.435 e. The number of aromatic nitrogens is 7. The summed E-state index contributed by atoms with van der Waals surface area (Å²) >= 11 is 6.58. The Balaban J connectivity index is 1.26. The molecule has 9 rings (SSSR count). The van der Waals surface area contributed by atoms with Crippen molar-refractivity contribution in [3.63, 3.8) is 0 Å². The van der Waals surface area contributed by atoms with Crippen molar-refractivity contribution < 1.29 is 48.3 Å². The average Bonchev–Trinajstić information content (AvgIpc) is 3.72. The Labute approximate surface area is 354 Å². The second-order valence-electron chi connectivity index (χ2n) is 15.2. The monoisotopic (exact) mass is 917 g/mol. The van der Waals surface area contributed by atoms with Crippen molar-refractivity contribution in [2.45, 2.75) is 43.4 Å². The first kappa shape index (κ1) is 41.9. The molecule has 23 heteroatoms. The molecule has 3 aromatic carbocycles. The number of anilines is 1. The summed E-state index contributed by atoms with van der Waals surface area (Å²) in [6, 6.07) is 11.5. The number of halogens is 9. The molecule has 2 aliphatic rings. The molecule has 2 N–H and O–H groups in total. The molecule has 4 aromatic heterocycles. The first-order valence-electron chi connectivity index (χ1n) is 18.7. The lowest BCUT2D eigenvalue weighted by molar-refractivity contribution is -0.142. The van der Waals surface area contributed by atoms with Crippen LogP contribution in [0.4, 0.5) is 40.9 Å². The number of nitrogens with zero attached hydrogens (tertiary/aromatic N) is 7. The summed E-state index contributed by atoms with van der Waals surface area (Å²) in [5, 5.41) is 9.94. The van der Waals surface area contributed by atoms with Gasteiger partial charge in [0.2, 0.25) is 15.9 Å². The van der Waals surface area contributed by atoms with E-state index in [9.17, 15) is 40.0 Å². The third-order valence-electron chi connectivity index (χ3n) is 10.8. The van der Waals surface area contributed by atoms with Gasteiger partial charge in [-0.1, -0.05) is 23.7 Å². The topological polar surface area (TPSA) is 159 Å². The quantitative estimate of drug-likeness (QED) is 0.135. The van der Waals surface area contributed by atoms with Crippen LogP contribution < -0.4 is 15.6 Å². The van der Waals surface area contributed by atoms with E-state index in [0.29, 0.717) is 6.07 Å². The van der Waals surface area contributed by atoms with E-state index in [1.807, 2.05) is 0 Å². The second kappa shape index (κ2) is 14.6. The van der Waals surface area contributed by atoms with Crippen LogP contribution in [0.25, 0.3) is 38.9 Å². The minimum Gasteiger partial charge on any atom is -0.344 e. The zero-order valence-electron chi connectivity index (χ0n) is 32.3. The lowest BCUT2D eigenvalue weighted by Gasteiger charge is -2.24. The number of sulfonamides is 1. The molecule has 0 spiro atoms. The van der Waals surface area contributed by atoms with Crippen LogP contribution in [0.3, 0.4) is 0 Å². The molecule has 2 aliphatic carbocycles. The Bertz CT molecular complexity index is 3240. The van der Waals surface area contributed by atoms with Crippen molar-refractivity contribution >= 4 is 55.3 Å². The zero-order valence-corrected chi connectivity index (χ0v) is 33.9. The van der Waals surface area contributed by atoms with Gasteiger partial charge in [0, 0.05) is 36.6 Å². The van der Waals surface area contributed by atoms with Crippen molar-refractivity contribution in [2.75, 3.05) is 11.0 Å². The van der Waals surface area contributed by atoms with E-state index in [1.165, 1.54) is 60.3 Å². The molecular formula is C40H28ClF8N9O4S. The minimum absolute atomic E-state index is 0.00615. The van der Waals surface area contributed by atoms with Crippen LogP contribution in [0.15, 0.2) is 71.5 Å². The van der Waals surface area contributed by atoms with E-state index in [0.717, 1.165) is 23.0 Å². The van der Waals surface area contributed by atoms with E-state index < -0.39 is 105 Å². The summed E-state index contributed by atoms with van der Waals surface area (Å²) in [7, 11) is -2.57. The SMILES string of the molecule is Cn1nc(NS(C)(=O)=O)c2c(Cl)ccc(-n3c([C@H](Cc4cc(F)cc(F)c4)NC(=O)Cn4nc(C(F)(F)F)c5c4C(F)(F)[C@@H]4C[C@H]54)nc4nc(-c5ccccc5F)ccc4c3=O)c21. The Kier molecular flexibility index (Phi) is 9.70. The number of aryl methyl sites for hydroxylation is 1. The predicted octanol–water partition coefficient (Wildman–Crippen LogP) is 7.30. The molecule has 1 saturated carbocycles. The van der Waals surface area contributed by atoms with Gasteiger partial charge in [-0.15, -0.1) is 0 Å². The zero-order chi connectivity index (χ0) is 45.1.